The fourth-order valence-electron chi connectivity index (χ4n) is 1.15. The Morgan fingerprint density at radius 1 is 1.41 bits per heavy atom. The number of nitrogens with two attached hydrogens (primary N) is 1. The molecule has 0 bridgehead atoms. The van der Waals surface area contributed by atoms with E-state index in [4.69, 9.17) is 11.0 Å². The van der Waals surface area contributed by atoms with E-state index < -0.39 is 5.51 Å². The third kappa shape index (κ3) is 4.87. The van der Waals surface area contributed by atoms with Gasteiger partial charge in [0.2, 0.25) is 0 Å². The number of nitrogens with zero attached hydrogens (tertiary/aromatic N) is 1. The Bertz CT molecular complexity index is 426. The van der Waals surface area contributed by atoms with Crippen molar-refractivity contribution in [2.45, 2.75) is 5.51 Å². The van der Waals surface area contributed by atoms with Crippen LogP contribution < -0.4 is 11.1 Å². The van der Waals surface area contributed by atoms with Gasteiger partial charge in [-0.25, -0.2) is 0 Å². The normalized spacial score (nSPS) is 10.9. The lowest BCUT2D eigenvalue weighted by Gasteiger charge is -2.10. The fourth-order valence-corrected chi connectivity index (χ4v) is 1.58. The minimum absolute atomic E-state index is 0.0893. The van der Waals surface area contributed by atoms with Gasteiger partial charge < -0.3 is 11.1 Å². The summed E-state index contributed by atoms with van der Waals surface area (Å²) >= 11 is -0.0893. The molecule has 0 unspecified atom stereocenters. The van der Waals surface area contributed by atoms with Crippen molar-refractivity contribution < 1.29 is 13.2 Å². The van der Waals surface area contributed by atoms with Crippen LogP contribution in [0.2, 0.25) is 0 Å². The molecule has 0 amide bonds. The molecule has 1 aromatic rings. The van der Waals surface area contributed by atoms with Gasteiger partial charge in [-0.15, -0.1) is 0 Å². The minimum atomic E-state index is -4.21. The highest BCUT2D eigenvalue weighted by atomic mass is 32.2. The van der Waals surface area contributed by atoms with Crippen LogP contribution in [0.1, 0.15) is 5.56 Å². The van der Waals surface area contributed by atoms with E-state index in [0.717, 1.165) is 0 Å². The van der Waals surface area contributed by atoms with Crippen LogP contribution in [0.15, 0.2) is 18.2 Å². The molecule has 0 heterocycles. The quantitative estimate of drug-likeness (QED) is 0.646. The van der Waals surface area contributed by atoms with Crippen molar-refractivity contribution in [1.82, 2.24) is 0 Å². The molecule has 0 radical (unpaired) electrons. The van der Waals surface area contributed by atoms with Crippen molar-refractivity contribution in [3.05, 3.63) is 23.8 Å². The van der Waals surface area contributed by atoms with Crippen LogP contribution in [0.3, 0.4) is 0 Å². The first-order chi connectivity index (χ1) is 7.92. The van der Waals surface area contributed by atoms with Gasteiger partial charge >= 0.3 is 5.51 Å². The van der Waals surface area contributed by atoms with Gasteiger partial charge in [-0.1, -0.05) is 0 Å². The largest absolute Gasteiger partial charge is 0.441 e. The molecule has 17 heavy (non-hydrogen) atoms. The number of alkyl halides is 3. The van der Waals surface area contributed by atoms with Gasteiger partial charge in [0.25, 0.3) is 0 Å². The van der Waals surface area contributed by atoms with E-state index >= 15 is 0 Å². The molecule has 0 atom stereocenters. The summed E-state index contributed by atoms with van der Waals surface area (Å²) in [6.45, 7) is 0.153. The van der Waals surface area contributed by atoms with Gasteiger partial charge in [-0.3, -0.25) is 0 Å². The molecule has 0 saturated carbocycles. The lowest BCUT2D eigenvalue weighted by atomic mass is 10.2. The molecule has 0 aliphatic heterocycles. The average molecular weight is 261 g/mol. The Morgan fingerprint density at radius 3 is 2.65 bits per heavy atom. The number of thioether (sulfide) groups is 1. The van der Waals surface area contributed by atoms with Gasteiger partial charge in [-0.2, -0.15) is 18.4 Å². The Balaban J connectivity index is 2.45. The summed E-state index contributed by atoms with van der Waals surface area (Å²) in [5.74, 6) is -0.0943. The predicted octanol–water partition coefficient (Wildman–Crippen LogP) is 2.81. The highest BCUT2D eigenvalue weighted by Gasteiger charge is 2.27. The molecule has 0 fully saturated rings. The number of rotatable bonds is 4. The SMILES string of the molecule is N#Cc1ccc(NCCSC(F)(F)F)c(N)c1. The molecule has 92 valence electrons. The van der Waals surface area contributed by atoms with E-state index in [9.17, 15) is 13.2 Å². The van der Waals surface area contributed by atoms with Crippen molar-refractivity contribution in [1.29, 1.82) is 5.26 Å². The molecule has 1 rings (SSSR count). The molecule has 0 aliphatic rings. The number of hydrogen-bond donors (Lipinski definition) is 2. The summed E-state index contributed by atoms with van der Waals surface area (Å²) in [5.41, 5.74) is 2.71. The lowest BCUT2D eigenvalue weighted by Crippen LogP contribution is -2.10. The summed E-state index contributed by atoms with van der Waals surface area (Å²) in [6, 6.07) is 6.52. The third-order valence-electron chi connectivity index (χ3n) is 1.86. The summed E-state index contributed by atoms with van der Waals surface area (Å²) in [4.78, 5) is 0. The maximum absolute atomic E-state index is 11.8. The maximum atomic E-state index is 11.8. The average Bonchev–Trinajstić information content (AvgIpc) is 2.24. The Hall–Kier alpha value is -1.55. The van der Waals surface area contributed by atoms with Crippen LogP contribution >= 0.6 is 11.8 Å². The zero-order valence-corrected chi connectivity index (χ0v) is 9.53. The predicted molar refractivity (Wildman–Crippen MR) is 62.6 cm³/mol. The molecule has 7 heteroatoms. The third-order valence-corrected chi connectivity index (χ3v) is 2.60. The van der Waals surface area contributed by atoms with E-state index in [1.54, 1.807) is 12.1 Å². The van der Waals surface area contributed by atoms with Crippen LogP contribution in [-0.2, 0) is 0 Å². The first-order valence-electron chi connectivity index (χ1n) is 4.66. The van der Waals surface area contributed by atoms with Crippen LogP contribution in [-0.4, -0.2) is 17.8 Å². The van der Waals surface area contributed by atoms with Crippen LogP contribution in [0.4, 0.5) is 24.5 Å². The van der Waals surface area contributed by atoms with E-state index in [1.807, 2.05) is 6.07 Å². The van der Waals surface area contributed by atoms with Gasteiger partial charge in [0.05, 0.1) is 23.0 Å². The topological polar surface area (TPSA) is 61.8 Å². The number of benzene rings is 1. The van der Waals surface area contributed by atoms with Gasteiger partial charge in [0, 0.05) is 12.3 Å². The Morgan fingerprint density at radius 2 is 2.12 bits per heavy atom. The van der Waals surface area contributed by atoms with Gasteiger partial charge in [0.15, 0.2) is 0 Å². The highest BCUT2D eigenvalue weighted by molar-refractivity contribution is 8.00. The number of hydrogen-bond acceptors (Lipinski definition) is 4. The van der Waals surface area contributed by atoms with E-state index in [2.05, 4.69) is 5.32 Å². The molecule has 3 nitrogen and oxygen atoms in total. The van der Waals surface area contributed by atoms with E-state index in [-0.39, 0.29) is 24.1 Å². The Kier molecular flexibility index (Phi) is 4.52. The summed E-state index contributed by atoms with van der Waals surface area (Å²) in [5, 5.41) is 11.4. The van der Waals surface area contributed by atoms with Crippen molar-refractivity contribution in [3.8, 4) is 6.07 Å². The number of halogens is 3. The molecule has 3 N–H and O–H groups in total. The van der Waals surface area contributed by atoms with Gasteiger partial charge in [-0.05, 0) is 30.0 Å². The van der Waals surface area contributed by atoms with Crippen LogP contribution in [0.25, 0.3) is 0 Å². The van der Waals surface area contributed by atoms with Crippen molar-refractivity contribution in [2.24, 2.45) is 0 Å². The van der Waals surface area contributed by atoms with Crippen LogP contribution in [0, 0.1) is 11.3 Å². The maximum Gasteiger partial charge on any atom is 0.441 e. The fraction of sp³-hybridized carbons (Fsp3) is 0.300. The monoisotopic (exact) mass is 261 g/mol. The summed E-state index contributed by atoms with van der Waals surface area (Å²) < 4.78 is 35.5. The van der Waals surface area contributed by atoms with E-state index in [0.29, 0.717) is 16.9 Å². The standard InChI is InChI=1S/C10H10F3N3S/c11-10(12,13)17-4-3-16-9-2-1-7(6-14)5-8(9)15/h1-2,5,16H,3-4,15H2. The molecule has 1 aromatic carbocycles. The second kappa shape index (κ2) is 5.68. The molecular formula is C10H10F3N3S. The Labute approximate surface area is 101 Å². The summed E-state index contributed by atoms with van der Waals surface area (Å²) in [7, 11) is 0. The first kappa shape index (κ1) is 13.5. The van der Waals surface area contributed by atoms with Crippen molar-refractivity contribution in [2.75, 3.05) is 23.3 Å². The number of nitrogen functional groups attached to an aromatic ring is 1. The second-order valence-corrected chi connectivity index (χ2v) is 4.29. The minimum Gasteiger partial charge on any atom is -0.397 e. The van der Waals surface area contributed by atoms with Crippen LogP contribution in [0.5, 0.6) is 0 Å². The van der Waals surface area contributed by atoms with Gasteiger partial charge in [0.1, 0.15) is 0 Å². The summed E-state index contributed by atoms with van der Waals surface area (Å²) in [6.07, 6.45) is 0. The second-order valence-electron chi connectivity index (χ2n) is 3.13. The zero-order chi connectivity index (χ0) is 12.9. The highest BCUT2D eigenvalue weighted by Crippen LogP contribution is 2.29. The number of nitriles is 1. The number of anilines is 2. The number of nitrogens with one attached hydrogen (secondary N) is 1. The zero-order valence-electron chi connectivity index (χ0n) is 8.71. The van der Waals surface area contributed by atoms with E-state index in [1.165, 1.54) is 6.07 Å². The molecule has 0 aromatic heterocycles. The molecule has 0 spiro atoms. The first-order valence-corrected chi connectivity index (χ1v) is 5.65. The van der Waals surface area contributed by atoms with Crippen molar-refractivity contribution >= 4 is 23.1 Å². The molecular weight excluding hydrogens is 251 g/mol. The molecule has 0 aliphatic carbocycles. The smallest absolute Gasteiger partial charge is 0.397 e. The lowest BCUT2D eigenvalue weighted by molar-refractivity contribution is -0.0327. The molecule has 0 saturated heterocycles. The van der Waals surface area contributed by atoms with Crippen molar-refractivity contribution in [3.63, 3.8) is 0 Å².